The van der Waals surface area contributed by atoms with Crippen LogP contribution in [-0.2, 0) is 4.31 Å². The summed E-state index contributed by atoms with van der Waals surface area (Å²) in [5.41, 5.74) is -2.43. The first-order valence-electron chi connectivity index (χ1n) is 16.5. The summed E-state index contributed by atoms with van der Waals surface area (Å²) >= 11 is 0. The molecule has 0 saturated carbocycles. The van der Waals surface area contributed by atoms with Crippen LogP contribution in [0.1, 0.15) is 156 Å². The minimum absolute atomic E-state index is 0.386. The third-order valence-corrected chi connectivity index (χ3v) is 9.45. The minimum atomic E-state index is -2.61. The van der Waals surface area contributed by atoms with Crippen molar-refractivity contribution in [2.45, 2.75) is 162 Å². The highest BCUT2D eigenvalue weighted by atomic mass is 31.2. The van der Waals surface area contributed by atoms with Crippen LogP contribution < -0.4 is 0 Å². The van der Waals surface area contributed by atoms with E-state index in [0.717, 1.165) is 37.5 Å². The molecule has 8 N–H and O–H groups in total. The molecule has 0 aromatic carbocycles. The van der Waals surface area contributed by atoms with Gasteiger partial charge in [-0.1, -0.05) is 143 Å². The molecule has 256 valence electrons. The normalized spacial score (nSPS) is 12.6. The lowest BCUT2D eigenvalue weighted by Crippen LogP contribution is -2.55. The van der Waals surface area contributed by atoms with Crippen molar-refractivity contribution >= 4 is 17.2 Å². The van der Waals surface area contributed by atoms with Gasteiger partial charge in [0, 0.05) is 0 Å². The number of hydrogen-bond acceptors (Lipinski definition) is 9. The molecule has 0 aliphatic rings. The van der Waals surface area contributed by atoms with E-state index in [9.17, 15) is 20.4 Å². The van der Waals surface area contributed by atoms with E-state index in [2.05, 4.69) is 32.0 Å². The van der Waals surface area contributed by atoms with E-state index in [4.69, 9.17) is 19.6 Å². The van der Waals surface area contributed by atoms with Crippen molar-refractivity contribution in [3.05, 3.63) is 0 Å². The monoisotopic (exact) mass is 646 g/mol. The number of unbranched alkanes of at least 4 members (excludes halogenated alkanes) is 14. The third kappa shape index (κ3) is 24.8. The lowest BCUT2D eigenvalue weighted by Gasteiger charge is -2.44. The summed E-state index contributed by atoms with van der Waals surface area (Å²) in [4.78, 5) is 31.3. The Morgan fingerprint density at radius 2 is 0.738 bits per heavy atom. The van der Waals surface area contributed by atoms with Crippen LogP contribution in [0.2, 0.25) is 0 Å². The van der Waals surface area contributed by atoms with E-state index in [1.54, 1.807) is 0 Å². The molecule has 9 nitrogen and oxygen atoms in total. The van der Waals surface area contributed by atoms with Gasteiger partial charge in [0.1, 0.15) is 0 Å². The van der Waals surface area contributed by atoms with E-state index in [0.29, 0.717) is 12.8 Å². The van der Waals surface area contributed by atoms with Crippen LogP contribution in [0.15, 0.2) is 0 Å². The number of aliphatic hydroxyl groups excluding tert-OH is 3. The van der Waals surface area contributed by atoms with E-state index >= 15 is 0 Å². The summed E-state index contributed by atoms with van der Waals surface area (Å²) in [6.07, 6.45) is 23.0. The van der Waals surface area contributed by atoms with E-state index in [1.807, 2.05) is 0 Å². The molecule has 0 atom stereocenters. The Bertz CT molecular complexity index is 520. The largest absolute Gasteiger partial charge is 0.395 e. The lowest BCUT2D eigenvalue weighted by atomic mass is 9.68. The predicted molar refractivity (Wildman–Crippen MR) is 174 cm³/mol. The van der Waals surface area contributed by atoms with Crippen molar-refractivity contribution in [1.82, 2.24) is 0 Å². The van der Waals surface area contributed by atoms with Crippen molar-refractivity contribution in [2.24, 2.45) is 17.3 Å². The van der Waals surface area contributed by atoms with Gasteiger partial charge in [0.2, 0.25) is 0 Å². The van der Waals surface area contributed by atoms with Gasteiger partial charge in [-0.15, -0.1) is 0 Å². The minimum Gasteiger partial charge on any atom is -0.395 e. The molecule has 0 fully saturated rings. The van der Waals surface area contributed by atoms with Crippen LogP contribution in [0.4, 0.5) is 0 Å². The van der Waals surface area contributed by atoms with Crippen LogP contribution in [0.25, 0.3) is 0 Å². The molecule has 42 heavy (non-hydrogen) atoms. The molecule has 0 aromatic rings. The molecule has 0 aromatic heterocycles. The summed E-state index contributed by atoms with van der Waals surface area (Å²) < 4.78 is 3.60. The Balaban J connectivity index is 0. The average molecular weight is 647 g/mol. The summed E-state index contributed by atoms with van der Waals surface area (Å²) in [7, 11) is -5.22. The van der Waals surface area contributed by atoms with Gasteiger partial charge in [-0.05, 0) is 24.7 Å². The zero-order chi connectivity index (χ0) is 32.3. The maximum atomic E-state index is 11.5. The second kappa shape index (κ2) is 28.9. The smallest absolute Gasteiger partial charge is 0.334 e. The Labute approximate surface area is 260 Å². The SMILES string of the molecule is CC(C)CCCCCCCCCCC(O)(CCCCCCCCCCC(C)C)C(CO)(CO)CO.OP(O)OP(O)O. The molecular weight excluding hydrogens is 578 g/mol. The van der Waals surface area contributed by atoms with E-state index in [-0.39, 0.29) is 19.8 Å². The zero-order valence-electron chi connectivity index (χ0n) is 27.3. The second-order valence-electron chi connectivity index (χ2n) is 12.9. The van der Waals surface area contributed by atoms with Gasteiger partial charge in [-0.3, -0.25) is 0 Å². The molecule has 0 unspecified atom stereocenters. The number of aliphatic hydroxyl groups is 4. The van der Waals surface area contributed by atoms with E-state index in [1.165, 1.54) is 89.9 Å². The second-order valence-corrected chi connectivity index (χ2v) is 14.6. The summed E-state index contributed by atoms with van der Waals surface area (Å²) in [6, 6.07) is 0. The van der Waals surface area contributed by atoms with E-state index < -0.39 is 28.2 Å². The molecule has 0 spiro atoms. The molecule has 0 heterocycles. The highest BCUT2D eigenvalue weighted by Crippen LogP contribution is 2.42. The molecule has 11 heteroatoms. The topological polar surface area (TPSA) is 171 Å². The van der Waals surface area contributed by atoms with Gasteiger partial charge in [-0.25, -0.2) is 4.31 Å². The Morgan fingerprint density at radius 1 is 0.476 bits per heavy atom. The van der Waals surface area contributed by atoms with Gasteiger partial charge in [0.15, 0.2) is 0 Å². The number of hydrogen-bond donors (Lipinski definition) is 8. The molecule has 0 amide bonds. The van der Waals surface area contributed by atoms with Crippen LogP contribution in [0.5, 0.6) is 0 Å². The maximum absolute atomic E-state index is 11.5. The zero-order valence-corrected chi connectivity index (χ0v) is 29.1. The highest BCUT2D eigenvalue weighted by Gasteiger charge is 2.48. The van der Waals surface area contributed by atoms with Gasteiger partial charge in [-0.2, -0.15) is 0 Å². The fourth-order valence-electron chi connectivity index (χ4n) is 5.37. The lowest BCUT2D eigenvalue weighted by molar-refractivity contribution is -0.162. The van der Waals surface area contributed by atoms with Crippen molar-refractivity contribution in [3.8, 4) is 0 Å². The van der Waals surface area contributed by atoms with Gasteiger partial charge in [0.25, 0.3) is 0 Å². The van der Waals surface area contributed by atoms with Crippen LogP contribution in [0.3, 0.4) is 0 Å². The van der Waals surface area contributed by atoms with Crippen LogP contribution >= 0.6 is 17.2 Å². The Hall–Kier alpha value is 0.500. The molecular formula is C31H68O9P2. The Morgan fingerprint density at radius 3 is 0.952 bits per heavy atom. The predicted octanol–water partition coefficient (Wildman–Crippen LogP) is 7.22. The van der Waals surface area contributed by atoms with Crippen molar-refractivity contribution in [2.75, 3.05) is 19.8 Å². The molecule has 0 aliphatic carbocycles. The van der Waals surface area contributed by atoms with Crippen molar-refractivity contribution in [1.29, 1.82) is 0 Å². The fraction of sp³-hybridized carbons (Fsp3) is 1.00. The van der Waals surface area contributed by atoms with Gasteiger partial charge < -0.3 is 40.0 Å². The molecule has 0 radical (unpaired) electrons. The third-order valence-electron chi connectivity index (χ3n) is 8.28. The summed E-state index contributed by atoms with van der Waals surface area (Å²) in [5, 5.41) is 41.5. The van der Waals surface area contributed by atoms with Gasteiger partial charge in [0.05, 0.1) is 30.8 Å². The highest BCUT2D eigenvalue weighted by molar-refractivity contribution is 7.53. The van der Waals surface area contributed by atoms with Crippen LogP contribution in [0, 0.1) is 17.3 Å². The molecule has 0 bridgehead atoms. The van der Waals surface area contributed by atoms with Crippen LogP contribution in [-0.4, -0.2) is 65.4 Å². The Kier molecular flexibility index (Phi) is 30.7. The van der Waals surface area contributed by atoms with Crippen molar-refractivity contribution < 1.29 is 44.3 Å². The quantitative estimate of drug-likeness (QED) is 0.0323. The average Bonchev–Trinajstić information content (AvgIpc) is 2.91. The summed E-state index contributed by atoms with van der Waals surface area (Å²) in [5.74, 6) is 1.61. The first-order chi connectivity index (χ1) is 19.9. The molecule has 0 aliphatic heterocycles. The van der Waals surface area contributed by atoms with Crippen molar-refractivity contribution in [3.63, 3.8) is 0 Å². The first kappa shape index (κ1) is 44.6. The maximum Gasteiger partial charge on any atom is 0.334 e. The van der Waals surface area contributed by atoms with Gasteiger partial charge >= 0.3 is 17.2 Å². The fourth-order valence-corrected chi connectivity index (χ4v) is 5.90. The molecule has 0 saturated heterocycles. The molecule has 0 rings (SSSR count). The standard InChI is InChI=1S/C31H64O4.H4O5P2/c1-28(2)21-17-13-9-5-7-11-15-19-23-31(35,30(25-32,26-33)27-34)24-20-16-12-8-6-10-14-18-22-29(3)4;1-6(2)5-7(3)4/h28-29,32-35H,5-27H2,1-4H3;1-4H. The number of rotatable bonds is 28. The summed E-state index contributed by atoms with van der Waals surface area (Å²) in [6.45, 7) is 8.00. The first-order valence-corrected chi connectivity index (χ1v) is 18.8.